The summed E-state index contributed by atoms with van der Waals surface area (Å²) in [5.74, 6) is 0.681. The number of hydrogen-bond acceptors (Lipinski definition) is 8. The van der Waals surface area contributed by atoms with Crippen LogP contribution in [0.4, 0.5) is 15.4 Å². The Labute approximate surface area is 268 Å². The van der Waals surface area contributed by atoms with E-state index in [1.54, 1.807) is 26.4 Å². The second-order valence-electron chi connectivity index (χ2n) is 14.1. The van der Waals surface area contributed by atoms with Gasteiger partial charge in [0, 0.05) is 46.7 Å². The van der Waals surface area contributed by atoms with Gasteiger partial charge in [0.15, 0.2) is 5.65 Å². The molecule has 0 unspecified atom stereocenters. The van der Waals surface area contributed by atoms with Crippen molar-refractivity contribution in [1.29, 1.82) is 0 Å². The highest BCUT2D eigenvalue weighted by Crippen LogP contribution is 2.37. The van der Waals surface area contributed by atoms with Crippen molar-refractivity contribution < 1.29 is 19.1 Å². The molecule has 1 amide bonds. The molecular weight excluding hydrogens is 582 g/mol. The number of hydrogen-bond donors (Lipinski definition) is 0. The van der Waals surface area contributed by atoms with E-state index in [0.717, 1.165) is 33.3 Å². The minimum Gasteiger partial charge on any atom is -0.443 e. The van der Waals surface area contributed by atoms with Crippen molar-refractivity contribution in [2.24, 2.45) is 0 Å². The Kier molecular flexibility index (Phi) is 7.82. The van der Waals surface area contributed by atoms with Crippen molar-refractivity contribution >= 4 is 34.6 Å². The largest absolute Gasteiger partial charge is 0.443 e. The zero-order chi connectivity index (χ0) is 33.0. The van der Waals surface area contributed by atoms with Gasteiger partial charge in [-0.3, -0.25) is 4.90 Å². The van der Waals surface area contributed by atoms with E-state index in [4.69, 9.17) is 19.6 Å². The van der Waals surface area contributed by atoms with E-state index in [-0.39, 0.29) is 12.0 Å². The summed E-state index contributed by atoms with van der Waals surface area (Å²) in [6.45, 7) is 15.3. The van der Waals surface area contributed by atoms with Crippen molar-refractivity contribution in [3.63, 3.8) is 0 Å². The molecule has 0 N–H and O–H groups in total. The molecular formula is C35H41N7O4. The zero-order valence-corrected chi connectivity index (χ0v) is 27.7. The SMILES string of the molecule is CC(C)c1cnn2c(N(C(=O)OC(C)(C)C)[C@@H]3CCc4c(c5ccccc5n4C(=O)OC(C)(C)C)C3)cc(-c3cncnc3)nc12. The lowest BCUT2D eigenvalue weighted by atomic mass is 9.90. The highest BCUT2D eigenvalue weighted by Gasteiger charge is 2.38. The summed E-state index contributed by atoms with van der Waals surface area (Å²) in [5.41, 5.74) is 4.26. The fourth-order valence-corrected chi connectivity index (χ4v) is 6.09. The smallest absolute Gasteiger partial charge is 0.419 e. The van der Waals surface area contributed by atoms with E-state index in [2.05, 4.69) is 23.8 Å². The first-order valence-electron chi connectivity index (χ1n) is 15.7. The normalized spacial score (nSPS) is 15.3. The third-order valence-corrected chi connectivity index (χ3v) is 7.98. The fourth-order valence-electron chi connectivity index (χ4n) is 6.09. The molecule has 4 heterocycles. The van der Waals surface area contributed by atoms with Gasteiger partial charge in [-0.05, 0) is 78.4 Å². The Balaban J connectivity index is 1.52. The molecule has 0 saturated carbocycles. The van der Waals surface area contributed by atoms with E-state index in [1.165, 1.54) is 6.33 Å². The number of carbonyl (C=O) groups excluding carboxylic acids is 2. The Morgan fingerprint density at radius 1 is 0.978 bits per heavy atom. The summed E-state index contributed by atoms with van der Waals surface area (Å²) in [4.78, 5) is 42.9. The molecule has 1 aliphatic rings. The summed E-state index contributed by atoms with van der Waals surface area (Å²) < 4.78 is 15.3. The molecule has 0 bridgehead atoms. The summed E-state index contributed by atoms with van der Waals surface area (Å²) in [6, 6.07) is 9.40. The van der Waals surface area contributed by atoms with Crippen LogP contribution in [0.1, 0.15) is 84.5 Å². The van der Waals surface area contributed by atoms with Gasteiger partial charge >= 0.3 is 12.2 Å². The second-order valence-corrected chi connectivity index (χ2v) is 14.1. The average Bonchev–Trinajstić information content (AvgIpc) is 3.55. The standard InChI is InChI=1S/C35H41N7O4/c1-21(2)26-19-38-42-30(16-27(39-31(26)42)22-17-36-20-37-18-22)40(32(43)45-34(3,4)5)23-13-14-29-25(15-23)24-11-9-10-12-28(24)41(29)33(44)46-35(6,7)8/h9-12,16-21,23H,13-15H2,1-8H3/t23-/m1/s1. The summed E-state index contributed by atoms with van der Waals surface area (Å²) in [5, 5.41) is 5.69. The van der Waals surface area contributed by atoms with Crippen molar-refractivity contribution in [2.75, 3.05) is 4.90 Å². The number of amides is 1. The number of rotatable bonds is 4. The number of nitrogens with zero attached hydrogens (tertiary/aromatic N) is 7. The maximum absolute atomic E-state index is 14.3. The summed E-state index contributed by atoms with van der Waals surface area (Å²) in [7, 11) is 0. The summed E-state index contributed by atoms with van der Waals surface area (Å²) >= 11 is 0. The highest BCUT2D eigenvalue weighted by atomic mass is 16.6. The van der Waals surface area contributed by atoms with Gasteiger partial charge in [-0.2, -0.15) is 9.61 Å². The molecule has 0 fully saturated rings. The van der Waals surface area contributed by atoms with Crippen LogP contribution in [0.5, 0.6) is 0 Å². The first-order valence-corrected chi connectivity index (χ1v) is 15.7. The lowest BCUT2D eigenvalue weighted by Crippen LogP contribution is -2.47. The van der Waals surface area contributed by atoms with E-state index in [0.29, 0.717) is 36.4 Å². The van der Waals surface area contributed by atoms with E-state index < -0.39 is 23.4 Å². The van der Waals surface area contributed by atoms with Crippen molar-refractivity contribution in [1.82, 2.24) is 29.1 Å². The molecule has 0 spiro atoms. The first-order chi connectivity index (χ1) is 21.7. The molecule has 1 aromatic carbocycles. The molecule has 4 aromatic heterocycles. The van der Waals surface area contributed by atoms with Crippen LogP contribution in [0.2, 0.25) is 0 Å². The maximum atomic E-state index is 14.3. The lowest BCUT2D eigenvalue weighted by molar-refractivity contribution is 0.0527. The molecule has 11 heteroatoms. The number of aromatic nitrogens is 6. The summed E-state index contributed by atoms with van der Waals surface area (Å²) in [6.07, 6.45) is 7.43. The molecule has 11 nitrogen and oxygen atoms in total. The minimum atomic E-state index is -0.739. The zero-order valence-electron chi connectivity index (χ0n) is 27.7. The monoisotopic (exact) mass is 623 g/mol. The Hall–Kier alpha value is -4.80. The van der Waals surface area contributed by atoms with Gasteiger partial charge in [0.25, 0.3) is 0 Å². The molecule has 0 radical (unpaired) electrons. The predicted molar refractivity (Wildman–Crippen MR) is 176 cm³/mol. The molecule has 240 valence electrons. The molecule has 1 atom stereocenters. The Bertz CT molecular complexity index is 1930. The number of fused-ring (bicyclic) bond motifs is 4. The van der Waals surface area contributed by atoms with Gasteiger partial charge in [-0.25, -0.2) is 29.1 Å². The number of carbonyl (C=O) groups is 2. The van der Waals surface area contributed by atoms with Crippen molar-refractivity contribution in [3.05, 3.63) is 72.1 Å². The predicted octanol–water partition coefficient (Wildman–Crippen LogP) is 7.35. The van der Waals surface area contributed by atoms with Crippen LogP contribution in [0.3, 0.4) is 0 Å². The molecule has 0 saturated heterocycles. The van der Waals surface area contributed by atoms with Crippen LogP contribution >= 0.6 is 0 Å². The Morgan fingerprint density at radius 2 is 1.67 bits per heavy atom. The van der Waals surface area contributed by atoms with E-state index in [9.17, 15) is 9.59 Å². The van der Waals surface area contributed by atoms with Gasteiger partial charge in [0.2, 0.25) is 0 Å². The van der Waals surface area contributed by atoms with Crippen LogP contribution in [0.15, 0.2) is 55.2 Å². The van der Waals surface area contributed by atoms with E-state index in [1.807, 2.05) is 78.1 Å². The molecule has 1 aliphatic carbocycles. The van der Waals surface area contributed by atoms with Gasteiger partial charge in [0.05, 0.1) is 17.4 Å². The molecule has 6 rings (SSSR count). The minimum absolute atomic E-state index is 0.145. The number of benzene rings is 1. The topological polar surface area (TPSA) is 117 Å². The number of ether oxygens (including phenoxy) is 2. The van der Waals surface area contributed by atoms with Gasteiger partial charge in [-0.15, -0.1) is 0 Å². The van der Waals surface area contributed by atoms with Crippen LogP contribution in [-0.2, 0) is 22.3 Å². The highest BCUT2D eigenvalue weighted by molar-refractivity contribution is 5.95. The van der Waals surface area contributed by atoms with Crippen molar-refractivity contribution in [3.8, 4) is 11.3 Å². The Morgan fingerprint density at radius 3 is 2.35 bits per heavy atom. The third kappa shape index (κ3) is 5.93. The maximum Gasteiger partial charge on any atom is 0.419 e. The van der Waals surface area contributed by atoms with E-state index >= 15 is 0 Å². The van der Waals surface area contributed by atoms with Gasteiger partial charge < -0.3 is 9.47 Å². The number of anilines is 1. The van der Waals surface area contributed by atoms with Gasteiger partial charge in [0.1, 0.15) is 23.3 Å². The van der Waals surface area contributed by atoms with Crippen molar-refractivity contribution in [2.45, 2.75) is 97.8 Å². The molecule has 0 aliphatic heterocycles. The second kappa shape index (κ2) is 11.5. The number of para-hydroxylation sites is 1. The third-order valence-electron chi connectivity index (χ3n) is 7.98. The van der Waals surface area contributed by atoms with Gasteiger partial charge in [-0.1, -0.05) is 32.0 Å². The first kappa shape index (κ1) is 31.2. The average molecular weight is 624 g/mol. The molecule has 46 heavy (non-hydrogen) atoms. The quantitative estimate of drug-likeness (QED) is 0.204. The molecule has 5 aromatic rings. The lowest BCUT2D eigenvalue weighted by Gasteiger charge is -2.36. The van der Waals surface area contributed by atoms with Crippen LogP contribution in [0, 0.1) is 0 Å². The van der Waals surface area contributed by atoms with Crippen LogP contribution in [0.25, 0.3) is 27.8 Å². The van der Waals surface area contributed by atoms with Crippen LogP contribution < -0.4 is 4.90 Å². The van der Waals surface area contributed by atoms with Crippen LogP contribution in [-0.4, -0.2) is 58.6 Å². The fraction of sp³-hybridized carbons (Fsp3) is 0.429.